The molecule has 1 aliphatic heterocycles. The van der Waals surface area contributed by atoms with Crippen molar-refractivity contribution < 1.29 is 19.1 Å². The molecule has 1 heterocycles. The summed E-state index contributed by atoms with van der Waals surface area (Å²) >= 11 is 0. The normalized spacial score (nSPS) is 27.2. The Hall–Kier alpha value is -0.900. The van der Waals surface area contributed by atoms with Gasteiger partial charge in [-0.2, -0.15) is 0 Å². The molecule has 0 N–H and O–H groups in total. The quantitative estimate of drug-likeness (QED) is 0.708. The van der Waals surface area contributed by atoms with Crippen molar-refractivity contribution in [2.24, 2.45) is 5.92 Å². The molecule has 0 aromatic rings. The lowest BCUT2D eigenvalue weighted by atomic mass is 9.85. The number of methoxy groups -OCH3 is 1. The van der Waals surface area contributed by atoms with Crippen LogP contribution in [0.2, 0.25) is 0 Å². The molecule has 0 aromatic heterocycles. The van der Waals surface area contributed by atoms with Gasteiger partial charge in [-0.25, -0.2) is 0 Å². The van der Waals surface area contributed by atoms with E-state index in [2.05, 4.69) is 4.74 Å². The summed E-state index contributed by atoms with van der Waals surface area (Å²) in [6.45, 7) is 7.55. The van der Waals surface area contributed by atoms with Gasteiger partial charge in [0.2, 0.25) is 0 Å². The van der Waals surface area contributed by atoms with Crippen molar-refractivity contribution >= 4 is 11.8 Å². The van der Waals surface area contributed by atoms with E-state index in [1.807, 2.05) is 27.7 Å². The first-order chi connectivity index (χ1) is 7.72. The summed E-state index contributed by atoms with van der Waals surface area (Å²) in [4.78, 5) is 23.7. The van der Waals surface area contributed by atoms with Crippen LogP contribution in [0.25, 0.3) is 0 Å². The molecule has 1 saturated heterocycles. The van der Waals surface area contributed by atoms with Gasteiger partial charge in [-0.1, -0.05) is 13.8 Å². The second-order valence-electron chi connectivity index (χ2n) is 5.63. The molecule has 0 spiro atoms. The molecule has 0 amide bonds. The van der Waals surface area contributed by atoms with Crippen LogP contribution < -0.4 is 0 Å². The van der Waals surface area contributed by atoms with Crippen molar-refractivity contribution in [3.8, 4) is 0 Å². The first kappa shape index (κ1) is 14.2. The van der Waals surface area contributed by atoms with Crippen LogP contribution in [-0.2, 0) is 19.1 Å². The second kappa shape index (κ2) is 4.77. The van der Waals surface area contributed by atoms with Gasteiger partial charge in [-0.05, 0) is 26.7 Å². The SMILES string of the molecule is COC(=O)CC1(C(=O)C(C)C)CCC(C)(C)O1. The summed E-state index contributed by atoms with van der Waals surface area (Å²) in [5, 5.41) is 0. The third kappa shape index (κ3) is 3.06. The predicted octanol–water partition coefficient (Wildman–Crippen LogP) is 2.10. The molecule has 0 aromatic carbocycles. The number of ether oxygens (including phenoxy) is 2. The molecule has 1 fully saturated rings. The highest BCUT2D eigenvalue weighted by atomic mass is 16.5. The Morgan fingerprint density at radius 2 is 1.88 bits per heavy atom. The summed E-state index contributed by atoms with van der Waals surface area (Å²) < 4.78 is 10.5. The van der Waals surface area contributed by atoms with Crippen LogP contribution >= 0.6 is 0 Å². The van der Waals surface area contributed by atoms with E-state index in [0.717, 1.165) is 6.42 Å². The topological polar surface area (TPSA) is 52.6 Å². The average molecular weight is 242 g/mol. The van der Waals surface area contributed by atoms with E-state index < -0.39 is 11.6 Å². The van der Waals surface area contributed by atoms with Gasteiger partial charge in [0.15, 0.2) is 5.78 Å². The molecular weight excluding hydrogens is 220 g/mol. The van der Waals surface area contributed by atoms with Crippen LogP contribution in [0.4, 0.5) is 0 Å². The fourth-order valence-electron chi connectivity index (χ4n) is 2.35. The van der Waals surface area contributed by atoms with E-state index in [1.54, 1.807) is 0 Å². The Labute approximate surface area is 103 Å². The highest BCUT2D eigenvalue weighted by Crippen LogP contribution is 2.41. The van der Waals surface area contributed by atoms with Crippen LogP contribution in [-0.4, -0.2) is 30.1 Å². The monoisotopic (exact) mass is 242 g/mol. The van der Waals surface area contributed by atoms with Crippen molar-refractivity contribution in [1.82, 2.24) is 0 Å². The van der Waals surface area contributed by atoms with Gasteiger partial charge in [0.05, 0.1) is 19.1 Å². The highest BCUT2D eigenvalue weighted by Gasteiger charge is 2.51. The van der Waals surface area contributed by atoms with E-state index in [9.17, 15) is 9.59 Å². The maximum Gasteiger partial charge on any atom is 0.308 e. The second-order valence-corrected chi connectivity index (χ2v) is 5.63. The van der Waals surface area contributed by atoms with Crippen molar-refractivity contribution in [3.05, 3.63) is 0 Å². The van der Waals surface area contributed by atoms with Gasteiger partial charge in [-0.3, -0.25) is 9.59 Å². The average Bonchev–Trinajstić information content (AvgIpc) is 2.54. The summed E-state index contributed by atoms with van der Waals surface area (Å²) in [7, 11) is 1.33. The minimum atomic E-state index is -0.981. The lowest BCUT2D eigenvalue weighted by molar-refractivity contribution is -0.165. The molecule has 0 radical (unpaired) electrons. The number of carbonyl (C=O) groups is 2. The molecule has 98 valence electrons. The highest BCUT2D eigenvalue weighted by molar-refractivity contribution is 5.93. The molecule has 1 unspecified atom stereocenters. The Bertz CT molecular complexity index is 319. The Morgan fingerprint density at radius 1 is 1.29 bits per heavy atom. The maximum atomic E-state index is 12.3. The number of hydrogen-bond acceptors (Lipinski definition) is 4. The smallest absolute Gasteiger partial charge is 0.308 e. The zero-order valence-electron chi connectivity index (χ0n) is 11.3. The minimum Gasteiger partial charge on any atom is -0.469 e. The Morgan fingerprint density at radius 3 is 2.24 bits per heavy atom. The van der Waals surface area contributed by atoms with E-state index in [0.29, 0.717) is 6.42 Å². The van der Waals surface area contributed by atoms with E-state index in [-0.39, 0.29) is 23.7 Å². The Balaban J connectivity index is 2.95. The fraction of sp³-hybridized carbons (Fsp3) is 0.846. The van der Waals surface area contributed by atoms with Crippen molar-refractivity contribution in [3.63, 3.8) is 0 Å². The van der Waals surface area contributed by atoms with Crippen molar-refractivity contribution in [2.75, 3.05) is 7.11 Å². The molecule has 4 nitrogen and oxygen atoms in total. The van der Waals surface area contributed by atoms with Crippen LogP contribution in [0.3, 0.4) is 0 Å². The maximum absolute atomic E-state index is 12.3. The lowest BCUT2D eigenvalue weighted by Gasteiger charge is -2.30. The lowest BCUT2D eigenvalue weighted by Crippen LogP contribution is -2.45. The number of esters is 1. The molecular formula is C13H22O4. The molecule has 17 heavy (non-hydrogen) atoms. The standard InChI is InChI=1S/C13H22O4/c1-9(2)11(15)13(8-10(14)16-5)7-6-12(3,4)17-13/h9H,6-8H2,1-5H3. The van der Waals surface area contributed by atoms with Gasteiger partial charge >= 0.3 is 5.97 Å². The first-order valence-electron chi connectivity index (χ1n) is 6.04. The van der Waals surface area contributed by atoms with Gasteiger partial charge in [-0.15, -0.1) is 0 Å². The van der Waals surface area contributed by atoms with Gasteiger partial charge in [0.25, 0.3) is 0 Å². The van der Waals surface area contributed by atoms with Crippen LogP contribution in [0.1, 0.15) is 47.0 Å². The number of rotatable bonds is 4. The predicted molar refractivity (Wildman–Crippen MR) is 63.6 cm³/mol. The molecule has 0 saturated carbocycles. The van der Waals surface area contributed by atoms with Crippen molar-refractivity contribution in [2.45, 2.75) is 58.2 Å². The zero-order chi connectivity index (χ0) is 13.3. The van der Waals surface area contributed by atoms with E-state index in [4.69, 9.17) is 4.74 Å². The number of hydrogen-bond donors (Lipinski definition) is 0. The molecule has 1 atom stereocenters. The van der Waals surface area contributed by atoms with Crippen LogP contribution in [0.15, 0.2) is 0 Å². The number of Topliss-reactive ketones (excluding diaryl/α,β-unsaturated/α-hetero) is 1. The molecule has 4 heteroatoms. The summed E-state index contributed by atoms with van der Waals surface area (Å²) in [5.74, 6) is -0.543. The molecule has 0 aliphatic carbocycles. The third-order valence-corrected chi connectivity index (χ3v) is 3.23. The van der Waals surface area contributed by atoms with Crippen LogP contribution in [0.5, 0.6) is 0 Å². The van der Waals surface area contributed by atoms with Gasteiger partial charge in [0.1, 0.15) is 5.60 Å². The molecule has 1 aliphatic rings. The molecule has 1 rings (SSSR count). The first-order valence-corrected chi connectivity index (χ1v) is 6.04. The Kier molecular flexibility index (Phi) is 3.97. The molecule has 0 bridgehead atoms. The van der Waals surface area contributed by atoms with Crippen LogP contribution in [0, 0.1) is 5.92 Å². The van der Waals surface area contributed by atoms with E-state index in [1.165, 1.54) is 7.11 Å². The summed E-state index contributed by atoms with van der Waals surface area (Å²) in [6, 6.07) is 0. The zero-order valence-corrected chi connectivity index (χ0v) is 11.3. The largest absolute Gasteiger partial charge is 0.469 e. The van der Waals surface area contributed by atoms with Crippen molar-refractivity contribution in [1.29, 1.82) is 0 Å². The minimum absolute atomic E-state index is 0.00604. The third-order valence-electron chi connectivity index (χ3n) is 3.23. The fourth-order valence-corrected chi connectivity index (χ4v) is 2.35. The van der Waals surface area contributed by atoms with E-state index >= 15 is 0 Å². The number of ketones is 1. The number of carbonyl (C=O) groups excluding carboxylic acids is 2. The summed E-state index contributed by atoms with van der Waals surface area (Å²) in [6.07, 6.45) is 1.39. The summed E-state index contributed by atoms with van der Waals surface area (Å²) in [5.41, 5.74) is -1.33. The van der Waals surface area contributed by atoms with Gasteiger partial charge < -0.3 is 9.47 Å². The van der Waals surface area contributed by atoms with Gasteiger partial charge in [0, 0.05) is 5.92 Å².